The highest BCUT2D eigenvalue weighted by atomic mass is 32.2. The number of nitrogens with zero attached hydrogens (tertiary/aromatic N) is 3. The first-order valence-electron chi connectivity index (χ1n) is 11.8. The molecule has 4 aromatic rings. The van der Waals surface area contributed by atoms with Crippen molar-refractivity contribution in [3.05, 3.63) is 84.7 Å². The van der Waals surface area contributed by atoms with Gasteiger partial charge in [0.1, 0.15) is 11.6 Å². The average molecular weight is 508 g/mol. The Morgan fingerprint density at radius 2 is 1.53 bits per heavy atom. The number of aromatic nitrogens is 1. The molecular formula is C27H26FN3O4S. The van der Waals surface area contributed by atoms with Gasteiger partial charge in [-0.15, -0.1) is 0 Å². The third-order valence-corrected chi connectivity index (χ3v) is 7.73. The van der Waals surface area contributed by atoms with Gasteiger partial charge in [0, 0.05) is 37.4 Å². The molecule has 0 N–H and O–H groups in total. The first-order valence-corrected chi connectivity index (χ1v) is 13.2. The summed E-state index contributed by atoms with van der Waals surface area (Å²) in [4.78, 5) is 8.54. The topological polar surface area (TPSA) is 75.9 Å². The molecule has 0 aliphatic carbocycles. The second-order valence-electron chi connectivity index (χ2n) is 8.35. The lowest BCUT2D eigenvalue weighted by molar-refractivity contribution is 0.340. The van der Waals surface area contributed by atoms with Crippen molar-refractivity contribution >= 4 is 21.4 Å². The number of ether oxygens (including phenoxy) is 1. The minimum Gasteiger partial charge on any atom is -0.494 e. The Balaban J connectivity index is 1.50. The number of anilines is 2. The minimum atomic E-state index is -4.06. The lowest BCUT2D eigenvalue weighted by Gasteiger charge is -2.36. The number of hydrogen-bond acceptors (Lipinski definition) is 7. The third-order valence-electron chi connectivity index (χ3n) is 6.06. The number of piperazine rings is 1. The van der Waals surface area contributed by atoms with E-state index in [4.69, 9.17) is 9.15 Å². The summed E-state index contributed by atoms with van der Waals surface area (Å²) in [5, 5.41) is -0.175. The maximum absolute atomic E-state index is 13.6. The number of hydrogen-bond donors (Lipinski definition) is 0. The number of para-hydroxylation sites is 1. The van der Waals surface area contributed by atoms with E-state index in [1.165, 1.54) is 12.1 Å². The predicted octanol–water partition coefficient (Wildman–Crippen LogP) is 5.04. The largest absolute Gasteiger partial charge is 0.494 e. The zero-order chi connectivity index (χ0) is 25.1. The summed E-state index contributed by atoms with van der Waals surface area (Å²) < 4.78 is 52.3. The summed E-state index contributed by atoms with van der Waals surface area (Å²) in [7, 11) is -4.06. The van der Waals surface area contributed by atoms with Gasteiger partial charge in [0.15, 0.2) is 0 Å². The van der Waals surface area contributed by atoms with Crippen LogP contribution < -0.4 is 14.5 Å². The highest BCUT2D eigenvalue weighted by Crippen LogP contribution is 2.36. The van der Waals surface area contributed by atoms with Crippen LogP contribution in [0.15, 0.2) is 93.2 Å². The second-order valence-corrected chi connectivity index (χ2v) is 10.2. The molecule has 0 bridgehead atoms. The molecule has 0 saturated carbocycles. The summed E-state index contributed by atoms with van der Waals surface area (Å²) in [6.07, 6.45) is 0. The molecule has 0 amide bonds. The van der Waals surface area contributed by atoms with Crippen molar-refractivity contribution in [1.29, 1.82) is 0 Å². The Bertz CT molecular complexity index is 1410. The number of rotatable bonds is 7. The van der Waals surface area contributed by atoms with E-state index in [1.54, 1.807) is 24.3 Å². The van der Waals surface area contributed by atoms with Crippen LogP contribution in [-0.4, -0.2) is 46.2 Å². The van der Waals surface area contributed by atoms with Crippen LogP contribution in [0.5, 0.6) is 5.75 Å². The fraction of sp³-hybridized carbons (Fsp3) is 0.222. The molecule has 9 heteroatoms. The van der Waals surface area contributed by atoms with E-state index >= 15 is 0 Å². The van der Waals surface area contributed by atoms with Crippen LogP contribution in [0, 0.1) is 5.82 Å². The van der Waals surface area contributed by atoms with Crippen molar-refractivity contribution in [2.45, 2.75) is 16.8 Å². The van der Waals surface area contributed by atoms with Gasteiger partial charge in [-0.1, -0.05) is 18.2 Å². The second kappa shape index (κ2) is 10.0. The maximum atomic E-state index is 13.6. The number of benzene rings is 3. The molecule has 1 saturated heterocycles. The van der Waals surface area contributed by atoms with Crippen LogP contribution in [0.3, 0.4) is 0 Å². The van der Waals surface area contributed by atoms with Gasteiger partial charge >= 0.3 is 0 Å². The molecular weight excluding hydrogens is 481 g/mol. The molecule has 0 radical (unpaired) electrons. The summed E-state index contributed by atoms with van der Waals surface area (Å²) in [5.41, 5.74) is 1.74. The molecule has 1 aliphatic rings. The highest BCUT2D eigenvalue weighted by molar-refractivity contribution is 7.91. The predicted molar refractivity (Wildman–Crippen MR) is 136 cm³/mol. The number of halogens is 1. The quantitative estimate of drug-likeness (QED) is 0.325. The Hall–Kier alpha value is -3.85. The van der Waals surface area contributed by atoms with E-state index in [-0.39, 0.29) is 21.7 Å². The van der Waals surface area contributed by atoms with Gasteiger partial charge < -0.3 is 19.0 Å². The van der Waals surface area contributed by atoms with Crippen LogP contribution in [0.25, 0.3) is 11.5 Å². The zero-order valence-corrected chi connectivity index (χ0v) is 20.6. The Morgan fingerprint density at radius 3 is 2.17 bits per heavy atom. The standard InChI is InChI=1S/C27H26FN3O4S/c1-2-34-23-12-8-20(9-13-23)25-29-26(36(32,33)24-14-10-21(28)11-15-24)27(35-25)31-18-16-30(17-19-31)22-6-4-3-5-7-22/h3-15H,2,16-19H2,1H3. The van der Waals surface area contributed by atoms with E-state index in [9.17, 15) is 12.8 Å². The van der Waals surface area contributed by atoms with Crippen molar-refractivity contribution < 1.29 is 22.0 Å². The molecule has 1 aliphatic heterocycles. The van der Waals surface area contributed by atoms with Gasteiger partial charge in [-0.25, -0.2) is 12.8 Å². The molecule has 7 nitrogen and oxygen atoms in total. The first-order chi connectivity index (χ1) is 17.5. The van der Waals surface area contributed by atoms with E-state index < -0.39 is 15.7 Å². The van der Waals surface area contributed by atoms with Crippen LogP contribution >= 0.6 is 0 Å². The van der Waals surface area contributed by atoms with Gasteiger partial charge in [-0.3, -0.25) is 0 Å². The van der Waals surface area contributed by atoms with E-state index in [2.05, 4.69) is 22.0 Å². The van der Waals surface area contributed by atoms with Crippen molar-refractivity contribution in [1.82, 2.24) is 4.98 Å². The summed E-state index contributed by atoms with van der Waals surface area (Å²) in [6.45, 7) is 4.94. The summed E-state index contributed by atoms with van der Waals surface area (Å²) >= 11 is 0. The average Bonchev–Trinajstić information content (AvgIpc) is 3.37. The molecule has 1 aromatic heterocycles. The third kappa shape index (κ3) is 4.79. The molecule has 0 unspecified atom stereocenters. The lowest BCUT2D eigenvalue weighted by atomic mass is 10.2. The zero-order valence-electron chi connectivity index (χ0n) is 19.8. The highest BCUT2D eigenvalue weighted by Gasteiger charge is 2.33. The summed E-state index contributed by atoms with van der Waals surface area (Å²) in [6, 6.07) is 21.9. The normalized spacial score (nSPS) is 14.2. The molecule has 186 valence electrons. The maximum Gasteiger partial charge on any atom is 0.236 e. The van der Waals surface area contributed by atoms with Crippen molar-refractivity contribution in [3.63, 3.8) is 0 Å². The molecule has 3 aromatic carbocycles. The molecule has 0 spiro atoms. The van der Waals surface area contributed by atoms with Crippen LogP contribution in [0.1, 0.15) is 6.92 Å². The van der Waals surface area contributed by atoms with Gasteiger partial charge in [0.2, 0.25) is 26.6 Å². The minimum absolute atomic E-state index is 0.0420. The fourth-order valence-electron chi connectivity index (χ4n) is 4.19. The van der Waals surface area contributed by atoms with Gasteiger partial charge in [-0.05, 0) is 67.6 Å². The Morgan fingerprint density at radius 1 is 0.889 bits per heavy atom. The van der Waals surface area contributed by atoms with E-state index in [0.29, 0.717) is 44.1 Å². The lowest BCUT2D eigenvalue weighted by Crippen LogP contribution is -2.46. The van der Waals surface area contributed by atoms with Crippen LogP contribution in [0.2, 0.25) is 0 Å². The van der Waals surface area contributed by atoms with Gasteiger partial charge in [-0.2, -0.15) is 4.98 Å². The van der Waals surface area contributed by atoms with Crippen LogP contribution in [-0.2, 0) is 9.84 Å². The van der Waals surface area contributed by atoms with Crippen molar-refractivity contribution in [2.75, 3.05) is 42.6 Å². The van der Waals surface area contributed by atoms with Crippen LogP contribution in [0.4, 0.5) is 16.0 Å². The van der Waals surface area contributed by atoms with Crippen molar-refractivity contribution in [3.8, 4) is 17.2 Å². The SMILES string of the molecule is CCOc1ccc(-c2nc(S(=O)(=O)c3ccc(F)cc3)c(N3CCN(c4ccccc4)CC3)o2)cc1. The Kier molecular flexibility index (Phi) is 6.65. The van der Waals surface area contributed by atoms with E-state index in [1.807, 2.05) is 30.0 Å². The first kappa shape index (κ1) is 23.9. The smallest absolute Gasteiger partial charge is 0.236 e. The van der Waals surface area contributed by atoms with Crippen molar-refractivity contribution in [2.24, 2.45) is 0 Å². The molecule has 36 heavy (non-hydrogen) atoms. The van der Waals surface area contributed by atoms with Gasteiger partial charge in [0.05, 0.1) is 11.5 Å². The Labute approximate surface area is 209 Å². The molecule has 5 rings (SSSR count). The molecule has 0 atom stereocenters. The molecule has 2 heterocycles. The monoisotopic (exact) mass is 507 g/mol. The molecule has 1 fully saturated rings. The van der Waals surface area contributed by atoms with Gasteiger partial charge in [0.25, 0.3) is 0 Å². The summed E-state index contributed by atoms with van der Waals surface area (Å²) in [5.74, 6) is 0.570. The van der Waals surface area contributed by atoms with E-state index in [0.717, 1.165) is 17.8 Å². The number of oxazole rings is 1. The fourth-order valence-corrected chi connectivity index (χ4v) is 5.51. The number of sulfone groups is 1.